The van der Waals surface area contributed by atoms with Crippen LogP contribution in [0.3, 0.4) is 0 Å². The van der Waals surface area contributed by atoms with Gasteiger partial charge in [0.15, 0.2) is 0 Å². The van der Waals surface area contributed by atoms with E-state index in [0.29, 0.717) is 5.92 Å². The Kier molecular flexibility index (Phi) is 3.88. The van der Waals surface area contributed by atoms with Gasteiger partial charge < -0.3 is 0 Å². The van der Waals surface area contributed by atoms with Gasteiger partial charge in [-0.15, -0.1) is 6.42 Å². The lowest BCUT2D eigenvalue weighted by Crippen LogP contribution is -1.90. The summed E-state index contributed by atoms with van der Waals surface area (Å²) in [6.07, 6.45) is 6.36. The van der Waals surface area contributed by atoms with Crippen LogP contribution >= 0.6 is 0 Å². The van der Waals surface area contributed by atoms with Gasteiger partial charge in [-0.3, -0.25) is 0 Å². The summed E-state index contributed by atoms with van der Waals surface area (Å²) in [7, 11) is 0. The minimum atomic E-state index is 0.711. The van der Waals surface area contributed by atoms with Crippen molar-refractivity contribution in [2.45, 2.75) is 34.1 Å². The molecule has 0 heteroatoms. The van der Waals surface area contributed by atoms with E-state index in [2.05, 4.69) is 26.7 Å². The number of terminal acetylenes is 1. The molecular weight excluding hydrogens is 120 g/mol. The normalized spacial score (nSPS) is 12.8. The fourth-order valence-corrected chi connectivity index (χ4v) is 0.889. The molecule has 0 bridgehead atoms. The highest BCUT2D eigenvalue weighted by molar-refractivity contribution is 5.27. The topological polar surface area (TPSA) is 0 Å². The van der Waals surface area contributed by atoms with Crippen LogP contribution in [0, 0.1) is 18.3 Å². The summed E-state index contributed by atoms with van der Waals surface area (Å²) in [6, 6.07) is 0. The van der Waals surface area contributed by atoms with Crippen LogP contribution in [-0.2, 0) is 0 Å². The molecule has 0 fully saturated rings. The van der Waals surface area contributed by atoms with E-state index >= 15 is 0 Å². The molecule has 0 heterocycles. The van der Waals surface area contributed by atoms with E-state index in [4.69, 9.17) is 6.42 Å². The molecule has 0 aromatic rings. The highest BCUT2D eigenvalue weighted by Crippen LogP contribution is 2.13. The van der Waals surface area contributed by atoms with Crippen molar-refractivity contribution in [1.29, 1.82) is 0 Å². The Labute approximate surface area is 64.3 Å². The first kappa shape index (κ1) is 9.30. The third-order valence-electron chi connectivity index (χ3n) is 1.57. The number of hydrogen-bond acceptors (Lipinski definition) is 0. The summed E-state index contributed by atoms with van der Waals surface area (Å²) in [4.78, 5) is 0. The van der Waals surface area contributed by atoms with E-state index in [1.807, 2.05) is 6.92 Å². The van der Waals surface area contributed by atoms with Crippen LogP contribution in [0.15, 0.2) is 11.1 Å². The monoisotopic (exact) mass is 136 g/mol. The molecular formula is C10H16. The lowest BCUT2D eigenvalue weighted by atomic mass is 10.0. The maximum Gasteiger partial charge on any atom is -0.00241 e. The summed E-state index contributed by atoms with van der Waals surface area (Å²) >= 11 is 0. The van der Waals surface area contributed by atoms with Crippen LogP contribution in [0.25, 0.3) is 0 Å². The molecule has 0 rings (SSSR count). The van der Waals surface area contributed by atoms with E-state index in [1.54, 1.807) is 0 Å². The molecule has 0 aliphatic heterocycles. The summed E-state index contributed by atoms with van der Waals surface area (Å²) in [5.74, 6) is 3.36. The SMILES string of the molecule is C#C/C(C)=C(/C)CC(C)C. The molecule has 0 nitrogen and oxygen atoms in total. The van der Waals surface area contributed by atoms with Crippen molar-refractivity contribution in [3.8, 4) is 12.3 Å². The van der Waals surface area contributed by atoms with Crippen molar-refractivity contribution >= 4 is 0 Å². The highest BCUT2D eigenvalue weighted by atomic mass is 14.0. The first-order chi connectivity index (χ1) is 4.57. The van der Waals surface area contributed by atoms with Crippen LogP contribution < -0.4 is 0 Å². The quantitative estimate of drug-likeness (QED) is 0.512. The van der Waals surface area contributed by atoms with Crippen LogP contribution in [-0.4, -0.2) is 0 Å². The van der Waals surface area contributed by atoms with Crippen molar-refractivity contribution in [2.75, 3.05) is 0 Å². The highest BCUT2D eigenvalue weighted by Gasteiger charge is 1.97. The van der Waals surface area contributed by atoms with Gasteiger partial charge in [0.2, 0.25) is 0 Å². The molecule has 0 spiro atoms. The minimum absolute atomic E-state index is 0.711. The van der Waals surface area contributed by atoms with E-state index < -0.39 is 0 Å². The Morgan fingerprint density at radius 1 is 1.40 bits per heavy atom. The first-order valence-electron chi connectivity index (χ1n) is 3.71. The molecule has 0 N–H and O–H groups in total. The summed E-state index contributed by atoms with van der Waals surface area (Å²) < 4.78 is 0. The molecule has 0 amide bonds. The number of hydrogen-bond donors (Lipinski definition) is 0. The van der Waals surface area contributed by atoms with E-state index in [9.17, 15) is 0 Å². The molecule has 0 aromatic heterocycles. The predicted octanol–water partition coefficient (Wildman–Crippen LogP) is 3.00. The first-order valence-corrected chi connectivity index (χ1v) is 3.71. The van der Waals surface area contributed by atoms with Gasteiger partial charge in [-0.05, 0) is 31.8 Å². The van der Waals surface area contributed by atoms with E-state index in [1.165, 1.54) is 5.57 Å². The Morgan fingerprint density at radius 2 is 1.90 bits per heavy atom. The second-order valence-corrected chi connectivity index (χ2v) is 3.15. The average molecular weight is 136 g/mol. The molecule has 0 saturated carbocycles. The van der Waals surface area contributed by atoms with Crippen molar-refractivity contribution in [2.24, 2.45) is 5.92 Å². The van der Waals surface area contributed by atoms with Crippen molar-refractivity contribution < 1.29 is 0 Å². The van der Waals surface area contributed by atoms with Gasteiger partial charge in [0.25, 0.3) is 0 Å². The number of allylic oxidation sites excluding steroid dienone is 2. The predicted molar refractivity (Wildman–Crippen MR) is 46.7 cm³/mol. The standard InChI is InChI=1S/C10H16/c1-6-9(4)10(5)7-8(2)3/h1,8H,7H2,2-5H3/b10-9-. The zero-order valence-electron chi connectivity index (χ0n) is 7.36. The van der Waals surface area contributed by atoms with Crippen LogP contribution in [0.1, 0.15) is 34.1 Å². The minimum Gasteiger partial charge on any atom is -0.115 e. The van der Waals surface area contributed by atoms with Gasteiger partial charge in [-0.2, -0.15) is 0 Å². The number of rotatable bonds is 2. The van der Waals surface area contributed by atoms with Gasteiger partial charge in [-0.25, -0.2) is 0 Å². The van der Waals surface area contributed by atoms with Gasteiger partial charge >= 0.3 is 0 Å². The third-order valence-corrected chi connectivity index (χ3v) is 1.57. The summed E-state index contributed by atoms with van der Waals surface area (Å²) in [5, 5.41) is 0. The Bertz CT molecular complexity index is 165. The fourth-order valence-electron chi connectivity index (χ4n) is 0.889. The molecule has 0 aliphatic carbocycles. The van der Waals surface area contributed by atoms with Gasteiger partial charge in [-0.1, -0.05) is 25.3 Å². The van der Waals surface area contributed by atoms with E-state index in [-0.39, 0.29) is 0 Å². The largest absolute Gasteiger partial charge is 0.115 e. The average Bonchev–Trinajstić information content (AvgIpc) is 1.85. The molecule has 0 aromatic carbocycles. The van der Waals surface area contributed by atoms with Crippen LogP contribution in [0.2, 0.25) is 0 Å². The molecule has 0 saturated heterocycles. The maximum absolute atomic E-state index is 5.24. The Balaban J connectivity index is 4.09. The summed E-state index contributed by atoms with van der Waals surface area (Å²) in [5.41, 5.74) is 2.44. The van der Waals surface area contributed by atoms with Crippen molar-refractivity contribution in [3.63, 3.8) is 0 Å². The molecule has 0 atom stereocenters. The van der Waals surface area contributed by atoms with Gasteiger partial charge in [0.05, 0.1) is 0 Å². The van der Waals surface area contributed by atoms with Crippen LogP contribution in [0.5, 0.6) is 0 Å². The second-order valence-electron chi connectivity index (χ2n) is 3.15. The van der Waals surface area contributed by atoms with Gasteiger partial charge in [0.1, 0.15) is 0 Å². The smallest absolute Gasteiger partial charge is 0.00241 e. The molecule has 56 valence electrons. The third kappa shape index (κ3) is 3.35. The van der Waals surface area contributed by atoms with Crippen molar-refractivity contribution in [3.05, 3.63) is 11.1 Å². The lowest BCUT2D eigenvalue weighted by molar-refractivity contribution is 0.640. The summed E-state index contributed by atoms with van der Waals surface area (Å²) in [6.45, 7) is 8.51. The molecule has 0 radical (unpaired) electrons. The zero-order chi connectivity index (χ0) is 8.15. The zero-order valence-corrected chi connectivity index (χ0v) is 7.36. The Hall–Kier alpha value is -0.700. The van der Waals surface area contributed by atoms with Crippen LogP contribution in [0.4, 0.5) is 0 Å². The molecule has 0 aliphatic rings. The second kappa shape index (κ2) is 4.17. The molecule has 0 unspecified atom stereocenters. The van der Waals surface area contributed by atoms with Crippen molar-refractivity contribution in [1.82, 2.24) is 0 Å². The fraction of sp³-hybridized carbons (Fsp3) is 0.600. The maximum atomic E-state index is 5.24. The van der Waals surface area contributed by atoms with Gasteiger partial charge in [0, 0.05) is 0 Å². The van der Waals surface area contributed by atoms with E-state index in [0.717, 1.165) is 12.0 Å². The molecule has 10 heavy (non-hydrogen) atoms. The lowest BCUT2D eigenvalue weighted by Gasteiger charge is -2.05. The Morgan fingerprint density at radius 3 is 2.20 bits per heavy atom.